The van der Waals surface area contributed by atoms with Gasteiger partial charge in [0.1, 0.15) is 11.0 Å². The number of carbonyl (C=O) groups is 1. The first kappa shape index (κ1) is 24.2. The second-order valence-electron chi connectivity index (χ2n) is 9.32. The molecule has 0 aliphatic carbocycles. The molecule has 2 aromatic carbocycles. The predicted molar refractivity (Wildman–Crippen MR) is 143 cm³/mol. The zero-order chi connectivity index (χ0) is 25.2. The van der Waals surface area contributed by atoms with Crippen LogP contribution in [0.3, 0.4) is 0 Å². The summed E-state index contributed by atoms with van der Waals surface area (Å²) in [6, 6.07) is 15.0. The molecule has 1 aliphatic rings. The van der Waals surface area contributed by atoms with E-state index < -0.39 is 0 Å². The van der Waals surface area contributed by atoms with Crippen molar-refractivity contribution < 1.29 is 9.18 Å². The third kappa shape index (κ3) is 5.06. The molecule has 184 valence electrons. The highest BCUT2D eigenvalue weighted by Gasteiger charge is 2.26. The first-order valence-corrected chi connectivity index (χ1v) is 12.4. The van der Waals surface area contributed by atoms with Crippen molar-refractivity contribution in [2.24, 2.45) is 0 Å². The number of halogens is 2. The first-order valence-electron chi connectivity index (χ1n) is 12.1. The van der Waals surface area contributed by atoms with E-state index >= 15 is 0 Å². The fraction of sp³-hybridized carbons (Fsp3) is 0.241. The van der Waals surface area contributed by atoms with Gasteiger partial charge in [-0.25, -0.2) is 14.2 Å². The first-order chi connectivity index (χ1) is 17.4. The summed E-state index contributed by atoms with van der Waals surface area (Å²) < 4.78 is 15.7. The average molecular weight is 503 g/mol. The Balaban J connectivity index is 1.36. The molecular weight excluding hydrogens is 475 g/mol. The quantitative estimate of drug-likeness (QED) is 0.327. The summed E-state index contributed by atoms with van der Waals surface area (Å²) in [4.78, 5) is 19.7. The molecule has 0 radical (unpaired) electrons. The molecule has 4 aromatic rings. The van der Waals surface area contributed by atoms with Crippen LogP contribution in [0.25, 0.3) is 17.0 Å². The third-order valence-electron chi connectivity index (χ3n) is 6.69. The van der Waals surface area contributed by atoms with Crippen molar-refractivity contribution in [2.75, 3.05) is 13.1 Å². The lowest BCUT2D eigenvalue weighted by molar-refractivity contribution is 0.240. The Kier molecular flexibility index (Phi) is 6.90. The van der Waals surface area contributed by atoms with Crippen molar-refractivity contribution in [1.82, 2.24) is 19.8 Å². The number of nitrogens with zero attached hydrogens (tertiary/aromatic N) is 3. The van der Waals surface area contributed by atoms with E-state index in [0.29, 0.717) is 17.3 Å². The van der Waals surface area contributed by atoms with Crippen molar-refractivity contribution in [3.63, 3.8) is 0 Å². The summed E-state index contributed by atoms with van der Waals surface area (Å²) in [5.41, 5.74) is 6.73. The number of fused-ring (bicyclic) bond motifs is 3. The van der Waals surface area contributed by atoms with Crippen molar-refractivity contribution >= 4 is 34.6 Å². The predicted octanol–water partition coefficient (Wildman–Crippen LogP) is 6.28. The van der Waals surface area contributed by atoms with Crippen LogP contribution in [0, 0.1) is 19.7 Å². The Morgan fingerprint density at radius 1 is 1.17 bits per heavy atom. The van der Waals surface area contributed by atoms with Gasteiger partial charge in [0.25, 0.3) is 0 Å². The average Bonchev–Trinajstić information content (AvgIpc) is 3.18. The molecular formula is C29H28ClFN4O. The van der Waals surface area contributed by atoms with E-state index in [1.807, 2.05) is 34.9 Å². The van der Waals surface area contributed by atoms with Gasteiger partial charge in [0.2, 0.25) is 0 Å². The number of hydrogen-bond donors (Lipinski definition) is 1. The molecule has 1 aliphatic heterocycles. The normalized spacial score (nSPS) is 13.9. The molecule has 0 bridgehead atoms. The van der Waals surface area contributed by atoms with E-state index in [-0.39, 0.29) is 11.8 Å². The lowest BCUT2D eigenvalue weighted by Gasteiger charge is -2.27. The van der Waals surface area contributed by atoms with Crippen molar-refractivity contribution in [2.45, 2.75) is 33.4 Å². The van der Waals surface area contributed by atoms with Crippen LogP contribution in [-0.2, 0) is 19.5 Å². The molecule has 0 atom stereocenters. The molecule has 5 nitrogen and oxygen atoms in total. The molecule has 1 N–H and O–H groups in total. The molecule has 5 rings (SSSR count). The van der Waals surface area contributed by atoms with Crippen LogP contribution < -0.4 is 5.32 Å². The van der Waals surface area contributed by atoms with E-state index in [9.17, 15) is 9.18 Å². The van der Waals surface area contributed by atoms with Gasteiger partial charge in [-0.3, -0.25) is 9.47 Å². The third-order valence-corrected chi connectivity index (χ3v) is 6.90. The molecule has 7 heteroatoms. The Morgan fingerprint density at radius 3 is 2.83 bits per heavy atom. The van der Waals surface area contributed by atoms with E-state index in [4.69, 9.17) is 11.6 Å². The van der Waals surface area contributed by atoms with Gasteiger partial charge < -0.3 is 5.32 Å². The molecule has 36 heavy (non-hydrogen) atoms. The van der Waals surface area contributed by atoms with Gasteiger partial charge in [0, 0.05) is 49.9 Å². The second-order valence-corrected chi connectivity index (χ2v) is 9.71. The number of nitrogens with one attached hydrogen (secondary N) is 1. The van der Waals surface area contributed by atoms with Crippen molar-refractivity contribution in [3.05, 3.63) is 105 Å². The van der Waals surface area contributed by atoms with E-state index in [1.165, 1.54) is 5.56 Å². The zero-order valence-electron chi connectivity index (χ0n) is 20.4. The van der Waals surface area contributed by atoms with E-state index in [2.05, 4.69) is 34.3 Å². The van der Waals surface area contributed by atoms with E-state index in [1.54, 1.807) is 31.3 Å². The Labute approximate surface area is 215 Å². The Hall–Kier alpha value is -3.48. The minimum absolute atomic E-state index is 0.146. The lowest BCUT2D eigenvalue weighted by atomic mass is 10.0. The van der Waals surface area contributed by atoms with Crippen LogP contribution >= 0.6 is 11.6 Å². The number of hydrogen-bond acceptors (Lipinski definition) is 3. The summed E-state index contributed by atoms with van der Waals surface area (Å²) in [5, 5.41) is 4.56. The van der Waals surface area contributed by atoms with Crippen LogP contribution in [0.4, 0.5) is 9.18 Å². The number of benzene rings is 2. The van der Waals surface area contributed by atoms with Gasteiger partial charge in [-0.15, -0.1) is 0 Å². The standard InChI is InChI=1S/C29H28ClFN4O/c1-19-5-8-26-23(14-19)24-18-34(12-3-4-21-7-6-20(2)25(31)15-21)13-10-27(24)35(26)29(36)33-17-22-9-11-32-28(30)16-22/h3-9,11,14-16H,10,12-13,17-18H2,1-2H3,(H,33,36)/b4-3+. The minimum Gasteiger partial charge on any atom is -0.333 e. The van der Waals surface area contributed by atoms with E-state index in [0.717, 1.165) is 59.3 Å². The van der Waals surface area contributed by atoms with Crippen LogP contribution in [0.1, 0.15) is 33.5 Å². The molecule has 2 aromatic heterocycles. The topological polar surface area (TPSA) is 50.2 Å². The fourth-order valence-corrected chi connectivity index (χ4v) is 4.97. The molecule has 0 unspecified atom stereocenters. The van der Waals surface area contributed by atoms with Crippen LogP contribution in [0.5, 0.6) is 0 Å². The maximum atomic E-state index is 13.9. The number of aryl methyl sites for hydroxylation is 2. The maximum Gasteiger partial charge on any atom is 0.326 e. The highest BCUT2D eigenvalue weighted by molar-refractivity contribution is 6.29. The van der Waals surface area contributed by atoms with Crippen molar-refractivity contribution in [1.29, 1.82) is 0 Å². The summed E-state index contributed by atoms with van der Waals surface area (Å²) in [7, 11) is 0. The van der Waals surface area contributed by atoms with Gasteiger partial charge in [-0.05, 0) is 66.4 Å². The molecule has 0 spiro atoms. The molecule has 3 heterocycles. The number of pyridine rings is 1. The lowest BCUT2D eigenvalue weighted by Crippen LogP contribution is -2.34. The Bertz CT molecular complexity index is 1480. The van der Waals surface area contributed by atoms with Gasteiger partial charge in [0.05, 0.1) is 5.52 Å². The van der Waals surface area contributed by atoms with Crippen LogP contribution in [0.15, 0.2) is 60.8 Å². The monoisotopic (exact) mass is 502 g/mol. The van der Waals surface area contributed by atoms with Crippen LogP contribution in [-0.4, -0.2) is 33.6 Å². The number of aromatic nitrogens is 2. The maximum absolute atomic E-state index is 13.9. The highest BCUT2D eigenvalue weighted by atomic mass is 35.5. The molecule has 0 saturated carbocycles. The highest BCUT2D eigenvalue weighted by Crippen LogP contribution is 2.31. The number of amides is 1. The van der Waals surface area contributed by atoms with Gasteiger partial charge in [0.15, 0.2) is 0 Å². The minimum atomic E-state index is -0.187. The molecule has 0 saturated heterocycles. The Morgan fingerprint density at radius 2 is 2.03 bits per heavy atom. The summed E-state index contributed by atoms with van der Waals surface area (Å²) in [5.74, 6) is -0.187. The number of rotatable bonds is 5. The SMILES string of the molecule is Cc1ccc2c(c1)c1c(n2C(=O)NCc2ccnc(Cl)c2)CCN(C/C=C/c2ccc(C)c(F)c2)C1. The number of carbonyl (C=O) groups excluding carboxylic acids is 1. The molecule has 0 fully saturated rings. The fourth-order valence-electron chi connectivity index (χ4n) is 4.78. The van der Waals surface area contributed by atoms with Gasteiger partial charge in [-0.2, -0.15) is 0 Å². The summed E-state index contributed by atoms with van der Waals surface area (Å²) >= 11 is 5.99. The molecule has 1 amide bonds. The van der Waals surface area contributed by atoms with Gasteiger partial charge in [-0.1, -0.05) is 47.5 Å². The largest absolute Gasteiger partial charge is 0.333 e. The summed E-state index contributed by atoms with van der Waals surface area (Å²) in [6.07, 6.45) is 6.44. The smallest absolute Gasteiger partial charge is 0.326 e. The second kappa shape index (κ2) is 10.2. The van der Waals surface area contributed by atoms with Crippen LogP contribution in [0.2, 0.25) is 5.15 Å². The van der Waals surface area contributed by atoms with Crippen molar-refractivity contribution in [3.8, 4) is 0 Å². The summed E-state index contributed by atoms with van der Waals surface area (Å²) in [6.45, 7) is 6.55. The van der Waals surface area contributed by atoms with Gasteiger partial charge >= 0.3 is 6.03 Å². The zero-order valence-corrected chi connectivity index (χ0v) is 21.1.